The normalized spacial score (nSPS) is 18.4. The van der Waals surface area contributed by atoms with E-state index in [1.54, 1.807) is 10.9 Å². The number of aromatic nitrogens is 3. The molecule has 2 rings (SSSR count). The van der Waals surface area contributed by atoms with Gasteiger partial charge >= 0.3 is 5.97 Å². The minimum absolute atomic E-state index is 0.338. The van der Waals surface area contributed by atoms with E-state index in [1.165, 1.54) is 12.8 Å². The highest BCUT2D eigenvalue weighted by molar-refractivity contribution is 5.71. The van der Waals surface area contributed by atoms with Crippen molar-refractivity contribution in [1.29, 1.82) is 0 Å². The van der Waals surface area contributed by atoms with Crippen molar-refractivity contribution in [2.24, 2.45) is 5.92 Å². The summed E-state index contributed by atoms with van der Waals surface area (Å²) in [5, 5.41) is 17.5. The zero-order chi connectivity index (χ0) is 13.1. The molecule has 0 aromatic carbocycles. The summed E-state index contributed by atoms with van der Waals surface area (Å²) in [6.07, 6.45) is 6.82. The molecule has 18 heavy (non-hydrogen) atoms. The average Bonchev–Trinajstić information content (AvgIpc) is 2.95. The molecule has 0 saturated heterocycles. The first kappa shape index (κ1) is 13.1. The van der Waals surface area contributed by atoms with E-state index in [4.69, 9.17) is 0 Å². The summed E-state index contributed by atoms with van der Waals surface area (Å²) in [6, 6.07) is -0.532. The van der Waals surface area contributed by atoms with Gasteiger partial charge in [-0.3, -0.25) is 0 Å². The van der Waals surface area contributed by atoms with Crippen molar-refractivity contribution in [1.82, 2.24) is 14.8 Å². The predicted octanol–water partition coefficient (Wildman–Crippen LogP) is 2.61. The topological polar surface area (TPSA) is 68.0 Å². The molecule has 5 heteroatoms. The van der Waals surface area contributed by atoms with Crippen LogP contribution in [0.3, 0.4) is 0 Å². The fraction of sp³-hybridized carbons (Fsp3) is 0.769. The van der Waals surface area contributed by atoms with E-state index in [0.717, 1.165) is 18.7 Å². The Morgan fingerprint density at radius 2 is 2.17 bits per heavy atom. The van der Waals surface area contributed by atoms with Crippen LogP contribution in [0.5, 0.6) is 0 Å². The molecule has 0 spiro atoms. The first-order valence-electron chi connectivity index (χ1n) is 6.71. The van der Waals surface area contributed by atoms with E-state index in [-0.39, 0.29) is 0 Å². The van der Waals surface area contributed by atoms with Gasteiger partial charge in [-0.2, -0.15) is 0 Å². The molecule has 0 bridgehead atoms. The molecule has 1 N–H and O–H groups in total. The molecule has 1 aliphatic rings. The fourth-order valence-electron chi connectivity index (χ4n) is 2.75. The highest BCUT2D eigenvalue weighted by atomic mass is 16.4. The molecule has 5 nitrogen and oxygen atoms in total. The molecule has 1 fully saturated rings. The zero-order valence-electron chi connectivity index (χ0n) is 11.0. The van der Waals surface area contributed by atoms with Gasteiger partial charge in [-0.1, -0.05) is 26.7 Å². The van der Waals surface area contributed by atoms with E-state index in [1.807, 2.05) is 13.8 Å². The molecule has 1 aromatic rings. The Balaban J connectivity index is 2.24. The number of carboxylic acids is 1. The molecule has 100 valence electrons. The molecule has 1 aromatic heterocycles. The lowest BCUT2D eigenvalue weighted by molar-refractivity contribution is -0.141. The largest absolute Gasteiger partial charge is 0.480 e. The molecule has 1 aliphatic carbocycles. The number of nitrogens with zero attached hydrogens (tertiary/aromatic N) is 3. The van der Waals surface area contributed by atoms with Crippen molar-refractivity contribution in [3.8, 4) is 0 Å². The van der Waals surface area contributed by atoms with E-state index in [9.17, 15) is 9.90 Å². The maximum Gasteiger partial charge on any atom is 0.326 e. The summed E-state index contributed by atoms with van der Waals surface area (Å²) >= 11 is 0. The summed E-state index contributed by atoms with van der Waals surface area (Å²) in [5.74, 6) is 0.801. The molecule has 1 atom stereocenters. The number of carboxylic acid groups (broad SMARTS) is 1. The summed E-state index contributed by atoms with van der Waals surface area (Å²) in [5.41, 5.74) is 0. The molecule has 0 radical (unpaired) electrons. The lowest BCUT2D eigenvalue weighted by atomic mass is 10.0. The predicted molar refractivity (Wildman–Crippen MR) is 67.4 cm³/mol. The third-order valence-corrected chi connectivity index (χ3v) is 3.64. The molecular weight excluding hydrogens is 230 g/mol. The Morgan fingerprint density at radius 3 is 2.72 bits per heavy atom. The fourth-order valence-corrected chi connectivity index (χ4v) is 2.75. The van der Waals surface area contributed by atoms with Crippen LogP contribution in [-0.2, 0) is 4.79 Å². The van der Waals surface area contributed by atoms with Gasteiger partial charge in [0.2, 0.25) is 0 Å². The van der Waals surface area contributed by atoms with Gasteiger partial charge in [-0.15, -0.1) is 10.2 Å². The number of carbonyl (C=O) groups is 1. The van der Waals surface area contributed by atoms with Gasteiger partial charge in [0.05, 0.1) is 0 Å². The van der Waals surface area contributed by atoms with Crippen molar-refractivity contribution < 1.29 is 9.90 Å². The number of aliphatic carboxylic acids is 1. The monoisotopic (exact) mass is 251 g/mol. The number of rotatable bonds is 5. The smallest absolute Gasteiger partial charge is 0.326 e. The number of hydrogen-bond acceptors (Lipinski definition) is 3. The highest BCUT2D eigenvalue weighted by Gasteiger charge is 2.28. The SMILES string of the molecule is CC(C)CC(C(=O)O)n1cnnc1C1CCCC1. The molecular formula is C13H21N3O2. The Kier molecular flexibility index (Phi) is 3.99. The van der Waals surface area contributed by atoms with E-state index < -0.39 is 12.0 Å². The van der Waals surface area contributed by atoms with Crippen molar-refractivity contribution in [2.75, 3.05) is 0 Å². The van der Waals surface area contributed by atoms with Gasteiger partial charge in [-0.05, 0) is 25.2 Å². The molecule has 0 aliphatic heterocycles. The third-order valence-electron chi connectivity index (χ3n) is 3.64. The second-order valence-corrected chi connectivity index (χ2v) is 5.56. The van der Waals surface area contributed by atoms with Crippen molar-refractivity contribution in [3.63, 3.8) is 0 Å². The molecule has 1 heterocycles. The Morgan fingerprint density at radius 1 is 1.50 bits per heavy atom. The summed E-state index contributed by atoms with van der Waals surface area (Å²) in [4.78, 5) is 11.4. The molecule has 1 saturated carbocycles. The Labute approximate surface area is 107 Å². The summed E-state index contributed by atoms with van der Waals surface area (Å²) < 4.78 is 1.78. The van der Waals surface area contributed by atoms with Crippen LogP contribution in [0.4, 0.5) is 0 Å². The first-order chi connectivity index (χ1) is 8.59. The Bertz CT molecular complexity index is 408. The van der Waals surface area contributed by atoms with Crippen LogP contribution >= 0.6 is 0 Å². The van der Waals surface area contributed by atoms with E-state index in [2.05, 4.69) is 10.2 Å². The zero-order valence-corrected chi connectivity index (χ0v) is 11.0. The number of hydrogen-bond donors (Lipinski definition) is 1. The standard InChI is InChI=1S/C13H21N3O2/c1-9(2)7-11(13(17)18)16-8-14-15-12(16)10-5-3-4-6-10/h8-11H,3-7H2,1-2H3,(H,17,18). The van der Waals surface area contributed by atoms with E-state index >= 15 is 0 Å². The Hall–Kier alpha value is -1.39. The highest BCUT2D eigenvalue weighted by Crippen LogP contribution is 2.34. The molecule has 1 unspecified atom stereocenters. The van der Waals surface area contributed by atoms with Gasteiger partial charge in [0, 0.05) is 5.92 Å². The lowest BCUT2D eigenvalue weighted by Gasteiger charge is -2.19. The van der Waals surface area contributed by atoms with Gasteiger partial charge in [0.25, 0.3) is 0 Å². The summed E-state index contributed by atoms with van der Waals surface area (Å²) in [6.45, 7) is 4.07. The minimum atomic E-state index is -0.789. The maximum absolute atomic E-state index is 11.4. The van der Waals surface area contributed by atoms with Crippen LogP contribution < -0.4 is 0 Å². The third kappa shape index (κ3) is 2.71. The lowest BCUT2D eigenvalue weighted by Crippen LogP contribution is -2.23. The van der Waals surface area contributed by atoms with Gasteiger partial charge < -0.3 is 9.67 Å². The van der Waals surface area contributed by atoms with Crippen molar-refractivity contribution in [3.05, 3.63) is 12.2 Å². The average molecular weight is 251 g/mol. The van der Waals surface area contributed by atoms with Crippen LogP contribution in [-0.4, -0.2) is 25.8 Å². The van der Waals surface area contributed by atoms with Gasteiger partial charge in [0.1, 0.15) is 18.2 Å². The quantitative estimate of drug-likeness (QED) is 0.873. The van der Waals surface area contributed by atoms with Crippen LogP contribution in [0, 0.1) is 5.92 Å². The van der Waals surface area contributed by atoms with Crippen LogP contribution in [0.2, 0.25) is 0 Å². The minimum Gasteiger partial charge on any atom is -0.480 e. The summed E-state index contributed by atoms with van der Waals surface area (Å²) in [7, 11) is 0. The second-order valence-electron chi connectivity index (χ2n) is 5.56. The van der Waals surface area contributed by atoms with E-state index in [0.29, 0.717) is 18.3 Å². The van der Waals surface area contributed by atoms with Crippen LogP contribution in [0.15, 0.2) is 6.33 Å². The second kappa shape index (κ2) is 5.50. The van der Waals surface area contributed by atoms with Crippen LogP contribution in [0.25, 0.3) is 0 Å². The maximum atomic E-state index is 11.4. The van der Waals surface area contributed by atoms with Gasteiger partial charge in [0.15, 0.2) is 0 Å². The first-order valence-corrected chi connectivity index (χ1v) is 6.71. The van der Waals surface area contributed by atoms with Crippen molar-refractivity contribution in [2.45, 2.75) is 57.9 Å². The van der Waals surface area contributed by atoms with Crippen LogP contribution in [0.1, 0.15) is 63.7 Å². The van der Waals surface area contributed by atoms with Gasteiger partial charge in [-0.25, -0.2) is 4.79 Å². The van der Waals surface area contributed by atoms with Crippen molar-refractivity contribution >= 4 is 5.97 Å². The molecule has 0 amide bonds.